The summed E-state index contributed by atoms with van der Waals surface area (Å²) in [7, 11) is 1.82. The first-order chi connectivity index (χ1) is 14.1. The van der Waals surface area contributed by atoms with Gasteiger partial charge in [0.05, 0.1) is 6.26 Å². The van der Waals surface area contributed by atoms with E-state index in [0.717, 1.165) is 5.56 Å². The highest BCUT2D eigenvalue weighted by atomic mass is 32.2. The quantitative estimate of drug-likeness (QED) is 0.469. The number of amides is 1. The van der Waals surface area contributed by atoms with Crippen LogP contribution < -0.4 is 5.32 Å². The maximum absolute atomic E-state index is 13.2. The Morgan fingerprint density at radius 2 is 1.83 bits per heavy atom. The molecule has 8 heteroatoms. The second-order valence-electron chi connectivity index (χ2n) is 6.25. The summed E-state index contributed by atoms with van der Waals surface area (Å²) in [6.45, 7) is 0. The first kappa shape index (κ1) is 18.9. The van der Waals surface area contributed by atoms with Crippen LogP contribution in [0.2, 0.25) is 0 Å². The van der Waals surface area contributed by atoms with Crippen LogP contribution in [-0.4, -0.2) is 20.7 Å². The van der Waals surface area contributed by atoms with E-state index in [1.54, 1.807) is 23.0 Å². The van der Waals surface area contributed by atoms with Crippen molar-refractivity contribution in [2.75, 3.05) is 5.32 Å². The van der Waals surface area contributed by atoms with Gasteiger partial charge in [0, 0.05) is 12.7 Å². The SMILES string of the molecule is Cn1c(SC(C(=O)Nc2ccc(F)cc2)c2ccccc2)nnc1-c1ccco1. The molecule has 0 saturated heterocycles. The van der Waals surface area contributed by atoms with Crippen LogP contribution >= 0.6 is 11.8 Å². The Hall–Kier alpha value is -3.39. The number of nitrogens with one attached hydrogen (secondary N) is 1. The highest BCUT2D eigenvalue weighted by Crippen LogP contribution is 2.36. The van der Waals surface area contributed by atoms with E-state index in [9.17, 15) is 9.18 Å². The van der Waals surface area contributed by atoms with E-state index < -0.39 is 5.25 Å². The van der Waals surface area contributed by atoms with Crippen LogP contribution in [0.25, 0.3) is 11.6 Å². The number of nitrogens with zero attached hydrogens (tertiary/aromatic N) is 3. The number of hydrogen-bond acceptors (Lipinski definition) is 5. The average Bonchev–Trinajstić information content (AvgIpc) is 3.38. The number of thioether (sulfide) groups is 1. The topological polar surface area (TPSA) is 73.0 Å². The average molecular weight is 408 g/mol. The van der Waals surface area contributed by atoms with Crippen molar-refractivity contribution >= 4 is 23.4 Å². The number of furan rings is 1. The molecule has 0 aliphatic rings. The van der Waals surface area contributed by atoms with E-state index in [2.05, 4.69) is 15.5 Å². The minimum Gasteiger partial charge on any atom is -0.461 e. The zero-order chi connectivity index (χ0) is 20.2. The first-order valence-corrected chi connectivity index (χ1v) is 9.71. The first-order valence-electron chi connectivity index (χ1n) is 8.83. The molecule has 0 radical (unpaired) electrons. The van der Waals surface area contributed by atoms with Crippen LogP contribution in [0.15, 0.2) is 82.6 Å². The molecule has 0 aliphatic carbocycles. The van der Waals surface area contributed by atoms with Gasteiger partial charge in [0.15, 0.2) is 16.7 Å². The van der Waals surface area contributed by atoms with Crippen molar-refractivity contribution in [2.24, 2.45) is 7.05 Å². The summed E-state index contributed by atoms with van der Waals surface area (Å²) in [5.41, 5.74) is 1.34. The normalized spacial score (nSPS) is 11.9. The van der Waals surface area contributed by atoms with E-state index in [1.807, 2.05) is 37.4 Å². The van der Waals surface area contributed by atoms with Gasteiger partial charge < -0.3 is 14.3 Å². The molecule has 4 rings (SSSR count). The second kappa shape index (κ2) is 8.32. The molecule has 2 aromatic heterocycles. The van der Waals surface area contributed by atoms with E-state index in [1.165, 1.54) is 36.0 Å². The van der Waals surface area contributed by atoms with Crippen molar-refractivity contribution in [3.05, 3.63) is 84.4 Å². The number of rotatable bonds is 6. The summed E-state index contributed by atoms with van der Waals surface area (Å²) in [6.07, 6.45) is 1.57. The Labute approximate surface area is 170 Å². The van der Waals surface area contributed by atoms with E-state index in [-0.39, 0.29) is 11.7 Å². The summed E-state index contributed by atoms with van der Waals surface area (Å²) < 4.78 is 20.3. The maximum Gasteiger partial charge on any atom is 0.242 e. The summed E-state index contributed by atoms with van der Waals surface area (Å²) >= 11 is 1.28. The van der Waals surface area contributed by atoms with Crippen molar-refractivity contribution < 1.29 is 13.6 Å². The fourth-order valence-corrected chi connectivity index (χ4v) is 3.79. The van der Waals surface area contributed by atoms with Crippen LogP contribution in [0.1, 0.15) is 10.8 Å². The zero-order valence-electron chi connectivity index (χ0n) is 15.4. The van der Waals surface area contributed by atoms with Gasteiger partial charge in [-0.25, -0.2) is 4.39 Å². The molecule has 0 spiro atoms. The lowest BCUT2D eigenvalue weighted by molar-refractivity contribution is -0.115. The molecule has 29 heavy (non-hydrogen) atoms. The maximum atomic E-state index is 13.2. The van der Waals surface area contributed by atoms with Crippen LogP contribution in [-0.2, 0) is 11.8 Å². The third-order valence-electron chi connectivity index (χ3n) is 4.25. The van der Waals surface area contributed by atoms with Gasteiger partial charge in [-0.2, -0.15) is 0 Å². The van der Waals surface area contributed by atoms with Crippen molar-refractivity contribution in [1.82, 2.24) is 14.8 Å². The van der Waals surface area contributed by atoms with Crippen molar-refractivity contribution in [3.8, 4) is 11.6 Å². The lowest BCUT2D eigenvalue weighted by atomic mass is 10.1. The molecular formula is C21H17FN4O2S. The second-order valence-corrected chi connectivity index (χ2v) is 7.32. The minimum absolute atomic E-state index is 0.240. The smallest absolute Gasteiger partial charge is 0.242 e. The molecule has 0 saturated carbocycles. The van der Waals surface area contributed by atoms with Crippen molar-refractivity contribution in [2.45, 2.75) is 10.4 Å². The molecule has 4 aromatic rings. The number of carbonyl (C=O) groups is 1. The molecule has 1 atom stereocenters. The van der Waals surface area contributed by atoms with Gasteiger partial charge in [0.25, 0.3) is 0 Å². The molecule has 1 unspecified atom stereocenters. The van der Waals surface area contributed by atoms with Gasteiger partial charge in [0.1, 0.15) is 11.1 Å². The molecule has 2 heterocycles. The number of benzene rings is 2. The third kappa shape index (κ3) is 4.22. The van der Waals surface area contributed by atoms with Crippen molar-refractivity contribution in [1.29, 1.82) is 0 Å². The number of anilines is 1. The van der Waals surface area contributed by atoms with Gasteiger partial charge >= 0.3 is 0 Å². The molecule has 2 aromatic carbocycles. The van der Waals surface area contributed by atoms with Crippen molar-refractivity contribution in [3.63, 3.8) is 0 Å². The summed E-state index contributed by atoms with van der Waals surface area (Å²) in [6, 6.07) is 18.6. The van der Waals surface area contributed by atoms with Crippen LogP contribution in [0.4, 0.5) is 10.1 Å². The molecule has 0 fully saturated rings. The summed E-state index contributed by atoms with van der Waals surface area (Å²) in [5.74, 6) is 0.569. The summed E-state index contributed by atoms with van der Waals surface area (Å²) in [4.78, 5) is 13.0. The van der Waals surface area contributed by atoms with Crippen LogP contribution in [0, 0.1) is 5.82 Å². The lowest BCUT2D eigenvalue weighted by Crippen LogP contribution is -2.19. The Kier molecular flexibility index (Phi) is 5.44. The largest absolute Gasteiger partial charge is 0.461 e. The lowest BCUT2D eigenvalue weighted by Gasteiger charge is -2.16. The molecule has 146 valence electrons. The number of hydrogen-bond donors (Lipinski definition) is 1. The molecule has 1 amide bonds. The standard InChI is InChI=1S/C21H17FN4O2S/c1-26-19(17-8-5-13-28-17)24-25-21(26)29-18(14-6-3-2-4-7-14)20(27)23-16-11-9-15(22)10-12-16/h2-13,18H,1H3,(H,23,27). The minimum atomic E-state index is -0.575. The molecule has 6 nitrogen and oxygen atoms in total. The van der Waals surface area contributed by atoms with Crippen LogP contribution in [0.5, 0.6) is 0 Å². The van der Waals surface area contributed by atoms with Gasteiger partial charge in [-0.15, -0.1) is 10.2 Å². The molecule has 1 N–H and O–H groups in total. The molecule has 0 bridgehead atoms. The summed E-state index contributed by atoms with van der Waals surface area (Å²) in [5, 5.41) is 11.2. The highest BCUT2D eigenvalue weighted by Gasteiger charge is 2.25. The number of halogens is 1. The van der Waals surface area contributed by atoms with Gasteiger partial charge in [-0.1, -0.05) is 42.1 Å². The Balaban J connectivity index is 1.61. The van der Waals surface area contributed by atoms with Gasteiger partial charge in [0.2, 0.25) is 5.91 Å². The van der Waals surface area contributed by atoms with Crippen LogP contribution in [0.3, 0.4) is 0 Å². The van der Waals surface area contributed by atoms with E-state index in [0.29, 0.717) is 22.4 Å². The zero-order valence-corrected chi connectivity index (χ0v) is 16.3. The Bertz CT molecular complexity index is 1100. The molecular weight excluding hydrogens is 391 g/mol. The Morgan fingerprint density at radius 1 is 1.07 bits per heavy atom. The van der Waals surface area contributed by atoms with Gasteiger partial charge in [-0.3, -0.25) is 4.79 Å². The monoisotopic (exact) mass is 408 g/mol. The number of aromatic nitrogens is 3. The Morgan fingerprint density at radius 3 is 2.52 bits per heavy atom. The predicted octanol–water partition coefficient (Wildman–Crippen LogP) is 4.69. The highest BCUT2D eigenvalue weighted by molar-refractivity contribution is 8.00. The van der Waals surface area contributed by atoms with Gasteiger partial charge in [-0.05, 0) is 42.0 Å². The van der Waals surface area contributed by atoms with E-state index >= 15 is 0 Å². The van der Waals surface area contributed by atoms with E-state index in [4.69, 9.17) is 4.42 Å². The number of carbonyl (C=O) groups excluding carboxylic acids is 1. The fraction of sp³-hybridized carbons (Fsp3) is 0.0952. The molecule has 0 aliphatic heterocycles. The third-order valence-corrected chi connectivity index (χ3v) is 5.54. The fourth-order valence-electron chi connectivity index (χ4n) is 2.79. The predicted molar refractivity (Wildman–Crippen MR) is 109 cm³/mol.